The summed E-state index contributed by atoms with van der Waals surface area (Å²) < 4.78 is 4.53. The van der Waals surface area contributed by atoms with E-state index in [1.807, 2.05) is 0 Å². The van der Waals surface area contributed by atoms with Gasteiger partial charge in [-0.2, -0.15) is 0 Å². The molecule has 0 bridgehead atoms. The van der Waals surface area contributed by atoms with Gasteiger partial charge in [-0.05, 0) is 19.8 Å². The molecule has 0 aliphatic carbocycles. The first-order chi connectivity index (χ1) is 15.6. The highest BCUT2D eigenvalue weighted by molar-refractivity contribution is 6.12. The quantitative estimate of drug-likeness (QED) is 0.0965. The van der Waals surface area contributed by atoms with E-state index in [2.05, 4.69) is 26.0 Å². The standard InChI is InChI=1S/C20H29N5O8/c1-13(20(32)22-10-16(28)23-12-33-14(2)26)24-17(29)11-21-15(27)6-4-3-5-9-25-18(30)7-8-19(25)31/h7-8,13H,3-6,9-12H2,1-2H3,(H,21,27)(H,22,32)(H,23,28)(H,24,29)/t13-/m0/s1. The van der Waals surface area contributed by atoms with Crippen LogP contribution in [0.1, 0.15) is 39.5 Å². The van der Waals surface area contributed by atoms with E-state index in [1.54, 1.807) is 0 Å². The Bertz CT molecular complexity index is 792. The maximum absolute atomic E-state index is 11.9. The van der Waals surface area contributed by atoms with Gasteiger partial charge in [0.05, 0.1) is 13.1 Å². The number of nitrogens with one attached hydrogen (secondary N) is 4. The lowest BCUT2D eigenvalue weighted by atomic mass is 10.2. The number of imide groups is 1. The minimum atomic E-state index is -0.943. The number of rotatable bonds is 14. The largest absolute Gasteiger partial charge is 0.445 e. The van der Waals surface area contributed by atoms with Crippen LogP contribution in [0.25, 0.3) is 0 Å². The number of hydrogen-bond acceptors (Lipinski definition) is 8. The number of carbonyl (C=O) groups is 7. The first-order valence-electron chi connectivity index (χ1n) is 10.4. The van der Waals surface area contributed by atoms with Gasteiger partial charge in [0.15, 0.2) is 6.73 Å². The predicted molar refractivity (Wildman–Crippen MR) is 113 cm³/mol. The molecule has 1 aliphatic rings. The first kappa shape index (κ1) is 27.3. The fourth-order valence-electron chi connectivity index (χ4n) is 2.61. The summed E-state index contributed by atoms with van der Waals surface area (Å²) in [5.41, 5.74) is 0. The van der Waals surface area contributed by atoms with Crippen LogP contribution < -0.4 is 21.3 Å². The molecule has 0 saturated heterocycles. The average Bonchev–Trinajstić information content (AvgIpc) is 3.07. The maximum atomic E-state index is 11.9. The van der Waals surface area contributed by atoms with Gasteiger partial charge in [-0.3, -0.25) is 38.5 Å². The van der Waals surface area contributed by atoms with Crippen LogP contribution in [0.15, 0.2) is 12.2 Å². The molecular weight excluding hydrogens is 438 g/mol. The van der Waals surface area contributed by atoms with Gasteiger partial charge in [0.1, 0.15) is 6.04 Å². The average molecular weight is 467 g/mol. The van der Waals surface area contributed by atoms with Crippen LogP contribution in [-0.4, -0.2) is 78.7 Å². The molecule has 0 aromatic heterocycles. The molecule has 0 aromatic rings. The van der Waals surface area contributed by atoms with Crippen molar-refractivity contribution in [2.24, 2.45) is 0 Å². The van der Waals surface area contributed by atoms with Gasteiger partial charge in [-0.1, -0.05) is 6.42 Å². The molecule has 1 atom stereocenters. The van der Waals surface area contributed by atoms with Crippen LogP contribution in [-0.2, 0) is 38.3 Å². The molecule has 4 N–H and O–H groups in total. The highest BCUT2D eigenvalue weighted by Gasteiger charge is 2.22. The van der Waals surface area contributed by atoms with Gasteiger partial charge >= 0.3 is 5.97 Å². The van der Waals surface area contributed by atoms with Gasteiger partial charge in [0.25, 0.3) is 11.8 Å². The van der Waals surface area contributed by atoms with Crippen molar-refractivity contribution in [3.63, 3.8) is 0 Å². The van der Waals surface area contributed by atoms with Crippen LogP contribution in [0, 0.1) is 0 Å². The summed E-state index contributed by atoms with van der Waals surface area (Å²) in [6.07, 6.45) is 4.33. The van der Waals surface area contributed by atoms with Crippen molar-refractivity contribution in [2.75, 3.05) is 26.4 Å². The highest BCUT2D eigenvalue weighted by atomic mass is 16.5. The number of ether oxygens (including phenoxy) is 1. The Hall–Kier alpha value is -3.77. The Morgan fingerprint density at radius 2 is 1.52 bits per heavy atom. The molecule has 0 fully saturated rings. The molecule has 0 spiro atoms. The van der Waals surface area contributed by atoms with Crippen molar-refractivity contribution in [1.82, 2.24) is 26.2 Å². The van der Waals surface area contributed by atoms with E-state index in [0.29, 0.717) is 25.8 Å². The Labute approximate surface area is 190 Å². The molecule has 13 heteroatoms. The van der Waals surface area contributed by atoms with Crippen molar-refractivity contribution >= 4 is 41.4 Å². The minimum absolute atomic E-state index is 0.173. The maximum Gasteiger partial charge on any atom is 0.304 e. The van der Waals surface area contributed by atoms with E-state index in [0.717, 1.165) is 4.90 Å². The number of hydrogen-bond donors (Lipinski definition) is 4. The van der Waals surface area contributed by atoms with E-state index >= 15 is 0 Å². The van der Waals surface area contributed by atoms with Gasteiger partial charge in [0, 0.05) is 32.0 Å². The first-order valence-corrected chi connectivity index (χ1v) is 10.4. The lowest BCUT2D eigenvalue weighted by Crippen LogP contribution is -2.49. The second-order valence-corrected chi connectivity index (χ2v) is 7.14. The van der Waals surface area contributed by atoms with Crippen molar-refractivity contribution in [3.05, 3.63) is 12.2 Å². The van der Waals surface area contributed by atoms with Crippen LogP contribution in [0.4, 0.5) is 0 Å². The van der Waals surface area contributed by atoms with Gasteiger partial charge < -0.3 is 26.0 Å². The van der Waals surface area contributed by atoms with Gasteiger partial charge in [-0.25, -0.2) is 0 Å². The summed E-state index contributed by atoms with van der Waals surface area (Å²) in [6.45, 7) is 1.89. The molecule has 0 saturated carbocycles. The third-order valence-electron chi connectivity index (χ3n) is 4.37. The normalized spacial score (nSPS) is 13.3. The van der Waals surface area contributed by atoms with Crippen LogP contribution in [0.5, 0.6) is 0 Å². The minimum Gasteiger partial charge on any atom is -0.445 e. The van der Waals surface area contributed by atoms with E-state index in [-0.39, 0.29) is 44.0 Å². The monoisotopic (exact) mass is 467 g/mol. The SMILES string of the molecule is CC(=O)OCNC(=O)CNC(=O)[C@H](C)NC(=O)CNC(=O)CCCCCN1C(=O)C=CC1=O. The topological polar surface area (TPSA) is 180 Å². The van der Waals surface area contributed by atoms with Crippen molar-refractivity contribution < 1.29 is 38.3 Å². The molecular formula is C20H29N5O8. The van der Waals surface area contributed by atoms with Crippen molar-refractivity contribution in [1.29, 1.82) is 0 Å². The Kier molecular flexibility index (Phi) is 11.8. The van der Waals surface area contributed by atoms with E-state index in [4.69, 9.17) is 0 Å². The fraction of sp³-hybridized carbons (Fsp3) is 0.550. The predicted octanol–water partition coefficient (Wildman–Crippen LogP) is -2.15. The summed E-state index contributed by atoms with van der Waals surface area (Å²) in [5, 5.41) is 9.40. The Balaban J connectivity index is 2.11. The zero-order valence-corrected chi connectivity index (χ0v) is 18.6. The number of nitrogens with zero attached hydrogens (tertiary/aromatic N) is 1. The third-order valence-corrected chi connectivity index (χ3v) is 4.37. The Morgan fingerprint density at radius 3 is 2.15 bits per heavy atom. The van der Waals surface area contributed by atoms with Gasteiger partial charge in [-0.15, -0.1) is 0 Å². The summed E-state index contributed by atoms with van der Waals surface area (Å²) in [5.74, 6) is -3.35. The zero-order valence-electron chi connectivity index (χ0n) is 18.6. The highest BCUT2D eigenvalue weighted by Crippen LogP contribution is 2.07. The van der Waals surface area contributed by atoms with Gasteiger partial charge in [0.2, 0.25) is 23.6 Å². The fourth-order valence-corrected chi connectivity index (χ4v) is 2.61. The molecule has 0 radical (unpaired) electrons. The summed E-state index contributed by atoms with van der Waals surface area (Å²) in [6, 6.07) is -0.943. The Morgan fingerprint density at radius 1 is 0.879 bits per heavy atom. The lowest BCUT2D eigenvalue weighted by molar-refractivity contribution is -0.143. The molecule has 1 rings (SSSR count). The molecule has 0 aromatic carbocycles. The molecule has 33 heavy (non-hydrogen) atoms. The number of carbonyl (C=O) groups excluding carboxylic acids is 7. The molecule has 1 heterocycles. The molecule has 1 aliphatic heterocycles. The molecule has 182 valence electrons. The van der Waals surface area contributed by atoms with Crippen molar-refractivity contribution in [2.45, 2.75) is 45.6 Å². The van der Waals surface area contributed by atoms with E-state index in [1.165, 1.54) is 26.0 Å². The third kappa shape index (κ3) is 11.4. The van der Waals surface area contributed by atoms with Crippen LogP contribution in [0.2, 0.25) is 0 Å². The number of esters is 1. The number of amides is 6. The second-order valence-electron chi connectivity index (χ2n) is 7.14. The summed E-state index contributed by atoms with van der Waals surface area (Å²) >= 11 is 0. The van der Waals surface area contributed by atoms with E-state index in [9.17, 15) is 33.6 Å². The smallest absolute Gasteiger partial charge is 0.304 e. The van der Waals surface area contributed by atoms with E-state index < -0.39 is 29.7 Å². The number of unbranched alkanes of at least 4 members (excludes halogenated alkanes) is 2. The van der Waals surface area contributed by atoms with Crippen molar-refractivity contribution in [3.8, 4) is 0 Å². The summed E-state index contributed by atoms with van der Waals surface area (Å²) in [7, 11) is 0. The van der Waals surface area contributed by atoms with Crippen LogP contribution >= 0.6 is 0 Å². The molecule has 13 nitrogen and oxygen atoms in total. The second kappa shape index (κ2) is 14.3. The zero-order chi connectivity index (χ0) is 24.8. The summed E-state index contributed by atoms with van der Waals surface area (Å²) in [4.78, 5) is 81.6. The van der Waals surface area contributed by atoms with Crippen LogP contribution in [0.3, 0.4) is 0 Å². The lowest BCUT2D eigenvalue weighted by Gasteiger charge is -2.14. The molecule has 6 amide bonds. The molecule has 0 unspecified atom stereocenters.